The fourth-order valence-electron chi connectivity index (χ4n) is 3.65. The Kier molecular flexibility index (Phi) is 5.51. The monoisotopic (exact) mass is 329 g/mol. The number of rotatable bonds is 5. The van der Waals surface area contributed by atoms with Gasteiger partial charge >= 0.3 is 0 Å². The molecule has 1 aromatic carbocycles. The van der Waals surface area contributed by atoms with E-state index in [4.69, 9.17) is 0 Å². The van der Waals surface area contributed by atoms with Gasteiger partial charge in [-0.3, -0.25) is 14.5 Å². The molecule has 2 aliphatic heterocycles. The molecule has 2 aliphatic rings. The van der Waals surface area contributed by atoms with Crippen molar-refractivity contribution in [3.05, 3.63) is 29.8 Å². The first kappa shape index (κ1) is 17.0. The third-order valence-electron chi connectivity index (χ3n) is 5.13. The van der Waals surface area contributed by atoms with Crippen LogP contribution in [-0.2, 0) is 16.0 Å². The molecule has 0 aromatic heterocycles. The van der Waals surface area contributed by atoms with Gasteiger partial charge in [-0.05, 0) is 44.5 Å². The van der Waals surface area contributed by atoms with E-state index in [1.54, 1.807) is 4.90 Å². The number of carbonyl (C=O) groups is 2. The predicted molar refractivity (Wildman–Crippen MR) is 95.0 cm³/mol. The second-order valence-corrected chi connectivity index (χ2v) is 6.77. The van der Waals surface area contributed by atoms with E-state index in [0.29, 0.717) is 19.5 Å². The molecule has 1 atom stereocenters. The second kappa shape index (κ2) is 7.79. The van der Waals surface area contributed by atoms with Crippen molar-refractivity contribution in [2.75, 3.05) is 31.1 Å². The van der Waals surface area contributed by atoms with Gasteiger partial charge in [-0.15, -0.1) is 0 Å². The lowest BCUT2D eigenvalue weighted by Crippen LogP contribution is -2.47. The Bertz CT molecular complexity index is 594. The van der Waals surface area contributed by atoms with Crippen LogP contribution in [0.2, 0.25) is 0 Å². The van der Waals surface area contributed by atoms with Crippen molar-refractivity contribution in [3.8, 4) is 0 Å². The summed E-state index contributed by atoms with van der Waals surface area (Å²) < 4.78 is 0. The van der Waals surface area contributed by atoms with E-state index in [1.807, 2.05) is 31.2 Å². The number of nitrogens with one attached hydrogen (secondary N) is 1. The highest BCUT2D eigenvalue weighted by Gasteiger charge is 2.27. The number of anilines is 1. The number of likely N-dealkylation sites (tertiary alicyclic amines) is 1. The van der Waals surface area contributed by atoms with Gasteiger partial charge < -0.3 is 10.2 Å². The standard InChI is InChI=1S/C19H27N3O2/c1-15(21-11-6-2-3-7-12-21)19(24)20-10-13-22-17-9-5-4-8-16(17)14-18(22)23/h4-5,8-9,15H,2-3,6-7,10-14H2,1H3,(H,20,24). The summed E-state index contributed by atoms with van der Waals surface area (Å²) in [5.41, 5.74) is 2.06. The Morgan fingerprint density at radius 3 is 2.62 bits per heavy atom. The summed E-state index contributed by atoms with van der Waals surface area (Å²) in [6.45, 7) is 5.03. The maximum absolute atomic E-state index is 12.4. The van der Waals surface area contributed by atoms with Crippen LogP contribution in [0.25, 0.3) is 0 Å². The van der Waals surface area contributed by atoms with Crippen molar-refractivity contribution in [2.45, 2.75) is 45.1 Å². The molecule has 1 N–H and O–H groups in total. The first-order chi connectivity index (χ1) is 11.7. The first-order valence-electron chi connectivity index (χ1n) is 9.07. The van der Waals surface area contributed by atoms with Gasteiger partial charge in [0.15, 0.2) is 0 Å². The highest BCUT2D eigenvalue weighted by Crippen LogP contribution is 2.27. The Morgan fingerprint density at radius 1 is 1.17 bits per heavy atom. The second-order valence-electron chi connectivity index (χ2n) is 6.77. The molecule has 0 saturated carbocycles. The zero-order chi connectivity index (χ0) is 16.9. The minimum Gasteiger partial charge on any atom is -0.353 e. The number of hydrogen-bond donors (Lipinski definition) is 1. The van der Waals surface area contributed by atoms with Gasteiger partial charge in [0, 0.05) is 18.8 Å². The molecule has 24 heavy (non-hydrogen) atoms. The molecule has 0 radical (unpaired) electrons. The maximum Gasteiger partial charge on any atom is 0.237 e. The van der Waals surface area contributed by atoms with Crippen LogP contribution in [0.5, 0.6) is 0 Å². The van der Waals surface area contributed by atoms with Crippen molar-refractivity contribution in [2.24, 2.45) is 0 Å². The van der Waals surface area contributed by atoms with E-state index >= 15 is 0 Å². The van der Waals surface area contributed by atoms with Crippen LogP contribution in [0.15, 0.2) is 24.3 Å². The molecule has 0 aliphatic carbocycles. The minimum absolute atomic E-state index is 0.0665. The third-order valence-corrected chi connectivity index (χ3v) is 5.13. The Balaban J connectivity index is 1.49. The lowest BCUT2D eigenvalue weighted by Gasteiger charge is -2.27. The SMILES string of the molecule is CC(C(=O)NCCN1C(=O)Cc2ccccc21)N1CCCCCC1. The predicted octanol–water partition coefficient (Wildman–Crippen LogP) is 1.96. The third kappa shape index (κ3) is 3.78. The van der Waals surface area contributed by atoms with Gasteiger partial charge in [-0.25, -0.2) is 0 Å². The van der Waals surface area contributed by atoms with Crippen LogP contribution in [0, 0.1) is 0 Å². The van der Waals surface area contributed by atoms with E-state index in [2.05, 4.69) is 10.2 Å². The number of carbonyl (C=O) groups excluding carboxylic acids is 2. The zero-order valence-corrected chi connectivity index (χ0v) is 14.5. The molecular formula is C19H27N3O2. The number of hydrogen-bond acceptors (Lipinski definition) is 3. The first-order valence-corrected chi connectivity index (χ1v) is 9.07. The van der Waals surface area contributed by atoms with E-state index < -0.39 is 0 Å². The van der Waals surface area contributed by atoms with Crippen molar-refractivity contribution in [1.82, 2.24) is 10.2 Å². The summed E-state index contributed by atoms with van der Waals surface area (Å²) in [6.07, 6.45) is 5.35. The summed E-state index contributed by atoms with van der Waals surface area (Å²) in [4.78, 5) is 28.6. The highest BCUT2D eigenvalue weighted by molar-refractivity contribution is 6.01. The topological polar surface area (TPSA) is 52.7 Å². The molecule has 1 unspecified atom stereocenters. The highest BCUT2D eigenvalue weighted by atomic mass is 16.2. The number of fused-ring (bicyclic) bond motifs is 1. The quantitative estimate of drug-likeness (QED) is 0.898. The van der Waals surface area contributed by atoms with Gasteiger partial charge in [-0.2, -0.15) is 0 Å². The smallest absolute Gasteiger partial charge is 0.237 e. The molecule has 0 spiro atoms. The van der Waals surface area contributed by atoms with E-state index in [-0.39, 0.29) is 17.9 Å². The number of para-hydroxylation sites is 1. The van der Waals surface area contributed by atoms with Crippen LogP contribution in [0.4, 0.5) is 5.69 Å². The molecule has 1 saturated heterocycles. The summed E-state index contributed by atoms with van der Waals surface area (Å²) in [6, 6.07) is 7.78. The Labute approximate surface area is 144 Å². The van der Waals surface area contributed by atoms with Crippen molar-refractivity contribution < 1.29 is 9.59 Å². The number of benzene rings is 1. The summed E-state index contributed by atoms with van der Waals surface area (Å²) in [5, 5.41) is 3.00. The fourth-order valence-corrected chi connectivity index (χ4v) is 3.65. The van der Waals surface area contributed by atoms with Crippen molar-refractivity contribution in [3.63, 3.8) is 0 Å². The van der Waals surface area contributed by atoms with E-state index in [0.717, 1.165) is 24.3 Å². The maximum atomic E-state index is 12.4. The van der Waals surface area contributed by atoms with Gasteiger partial charge in [-0.1, -0.05) is 31.0 Å². The van der Waals surface area contributed by atoms with Crippen LogP contribution in [0.1, 0.15) is 38.2 Å². The number of nitrogens with zero attached hydrogens (tertiary/aromatic N) is 2. The van der Waals surface area contributed by atoms with E-state index in [9.17, 15) is 9.59 Å². The van der Waals surface area contributed by atoms with Crippen LogP contribution in [-0.4, -0.2) is 48.9 Å². The molecule has 2 amide bonds. The van der Waals surface area contributed by atoms with Crippen LogP contribution in [0.3, 0.4) is 0 Å². The lowest BCUT2D eigenvalue weighted by molar-refractivity contribution is -0.126. The summed E-state index contributed by atoms with van der Waals surface area (Å²) in [7, 11) is 0. The van der Waals surface area contributed by atoms with Crippen molar-refractivity contribution >= 4 is 17.5 Å². The molecular weight excluding hydrogens is 302 g/mol. The van der Waals surface area contributed by atoms with Crippen molar-refractivity contribution in [1.29, 1.82) is 0 Å². The fraction of sp³-hybridized carbons (Fsp3) is 0.579. The molecule has 3 rings (SSSR count). The lowest BCUT2D eigenvalue weighted by atomic mass is 10.2. The van der Waals surface area contributed by atoms with Gasteiger partial charge in [0.1, 0.15) is 0 Å². The summed E-state index contributed by atoms with van der Waals surface area (Å²) in [5.74, 6) is 0.183. The number of amides is 2. The van der Waals surface area contributed by atoms with Crippen LogP contribution < -0.4 is 10.2 Å². The van der Waals surface area contributed by atoms with Gasteiger partial charge in [0.25, 0.3) is 0 Å². The molecule has 1 fully saturated rings. The molecule has 2 heterocycles. The average Bonchev–Trinajstić information content (AvgIpc) is 2.77. The summed E-state index contributed by atoms with van der Waals surface area (Å²) >= 11 is 0. The zero-order valence-electron chi connectivity index (χ0n) is 14.5. The molecule has 0 bridgehead atoms. The molecule has 5 heteroatoms. The van der Waals surface area contributed by atoms with Gasteiger partial charge in [0.05, 0.1) is 12.5 Å². The molecule has 1 aromatic rings. The normalized spacial score (nSPS) is 19.7. The molecule has 130 valence electrons. The molecule has 5 nitrogen and oxygen atoms in total. The van der Waals surface area contributed by atoms with E-state index in [1.165, 1.54) is 25.7 Å². The largest absolute Gasteiger partial charge is 0.353 e. The van der Waals surface area contributed by atoms with Crippen LogP contribution >= 0.6 is 0 Å². The minimum atomic E-state index is -0.0929. The Morgan fingerprint density at radius 2 is 1.88 bits per heavy atom. The Hall–Kier alpha value is -1.88. The average molecular weight is 329 g/mol. The van der Waals surface area contributed by atoms with Gasteiger partial charge in [0.2, 0.25) is 11.8 Å².